The van der Waals surface area contributed by atoms with Crippen molar-refractivity contribution in [2.24, 2.45) is 0 Å². The van der Waals surface area contributed by atoms with Crippen LogP contribution in [0, 0.1) is 55.4 Å². The van der Waals surface area contributed by atoms with Gasteiger partial charge in [-0.15, -0.1) is 0 Å². The number of methoxy groups -OCH3 is 5. The minimum Gasteiger partial charge on any atom is -0.508 e. The zero-order chi connectivity index (χ0) is 79.1. The maximum absolute atomic E-state index is 13.0. The highest BCUT2D eigenvalue weighted by Gasteiger charge is 2.22. The second-order valence-corrected chi connectivity index (χ2v) is 26.7. The Morgan fingerprint density at radius 2 is 0.780 bits per heavy atom. The van der Waals surface area contributed by atoms with Crippen LogP contribution < -0.4 is 47.4 Å². The molecule has 2 N–H and O–H groups in total. The summed E-state index contributed by atoms with van der Waals surface area (Å²) in [5, 5.41) is 19.0. The van der Waals surface area contributed by atoms with Crippen LogP contribution in [-0.4, -0.2) is 94.3 Å². The predicted octanol–water partition coefficient (Wildman–Crippen LogP) is 20.8. The lowest BCUT2D eigenvalue weighted by molar-refractivity contribution is 0.0968. The third-order valence-corrected chi connectivity index (χ3v) is 18.2. The smallest absolute Gasteiger partial charge is 0.166 e. The maximum Gasteiger partial charge on any atom is 0.166 e. The number of ketones is 4. The fourth-order valence-electron chi connectivity index (χ4n) is 12.1. The van der Waals surface area contributed by atoms with Gasteiger partial charge in [-0.05, 0) is 230 Å². The first-order valence-corrected chi connectivity index (χ1v) is 36.3. The molecule has 9 aromatic carbocycles. The number of carbonyl (C=O) groups excluding carboxylic acids is 4. The van der Waals surface area contributed by atoms with E-state index in [4.69, 9.17) is 47.4 Å². The summed E-state index contributed by atoms with van der Waals surface area (Å²) in [4.78, 5) is 51.1. The Kier molecular flexibility index (Phi) is 35.8. The highest BCUT2D eigenvalue weighted by Crippen LogP contribution is 2.36. The Hall–Kier alpha value is -11.3. The van der Waals surface area contributed by atoms with Crippen LogP contribution in [0.1, 0.15) is 175 Å². The van der Waals surface area contributed by atoms with Crippen molar-refractivity contribution in [3.8, 4) is 69.0 Å². The molecule has 0 aliphatic heterocycles. The van der Waals surface area contributed by atoms with Crippen LogP contribution in [0.3, 0.4) is 0 Å². The Bertz CT molecular complexity index is 4530. The molecule has 0 aliphatic rings. The normalized spacial score (nSPS) is 10.5. The molecule has 0 atom stereocenters. The van der Waals surface area contributed by atoms with Crippen molar-refractivity contribution < 1.29 is 76.8 Å². The number of phenols is 2. The summed E-state index contributed by atoms with van der Waals surface area (Å²) in [6, 6.07) is 46.4. The number of hydrogen-bond donors (Lipinski definition) is 2. The van der Waals surface area contributed by atoms with Crippen molar-refractivity contribution in [2.45, 2.75) is 161 Å². The number of phenolic OH excluding ortho intramolecular Hbond substituents is 2. The molecule has 0 amide bonds. The molecule has 0 saturated heterocycles. The molecule has 0 aromatic heterocycles. The molecule has 0 aliphatic carbocycles. The molecule has 16 nitrogen and oxygen atoms in total. The lowest BCUT2D eigenvalue weighted by atomic mass is 9.97. The van der Waals surface area contributed by atoms with Crippen LogP contribution in [0.2, 0.25) is 0 Å². The Labute approximate surface area is 646 Å². The molecule has 9 rings (SSSR count). The first kappa shape index (κ1) is 88.4. The molecule has 0 unspecified atom stereocenters. The number of ether oxygens (including phenoxy) is 10. The van der Waals surface area contributed by atoms with Crippen molar-refractivity contribution >= 4 is 23.1 Å². The summed E-state index contributed by atoms with van der Waals surface area (Å²) in [6.45, 7) is 32.5. The molecule has 0 heterocycles. The lowest BCUT2D eigenvalue weighted by Crippen LogP contribution is -2.12. The molecule has 0 radical (unpaired) electrons. The number of Topliss-reactive ketones (excluding diaryl/α,β-unsaturated/α-hetero) is 4. The predicted molar refractivity (Wildman–Crippen MR) is 437 cm³/mol. The number of benzene rings is 9. The van der Waals surface area contributed by atoms with Crippen LogP contribution in [0.4, 0.5) is 0 Å². The quantitative estimate of drug-likeness (QED) is 0.0285. The molecule has 0 saturated carbocycles. The molecule has 16 heteroatoms. The van der Waals surface area contributed by atoms with Gasteiger partial charge >= 0.3 is 0 Å². The van der Waals surface area contributed by atoms with Crippen molar-refractivity contribution in [1.29, 1.82) is 0 Å². The minimum absolute atomic E-state index is 0. The Morgan fingerprint density at radius 3 is 1.22 bits per heavy atom. The van der Waals surface area contributed by atoms with Gasteiger partial charge in [-0.2, -0.15) is 0 Å². The van der Waals surface area contributed by atoms with Crippen LogP contribution >= 0.6 is 0 Å². The summed E-state index contributed by atoms with van der Waals surface area (Å²) >= 11 is 0. The van der Waals surface area contributed by atoms with E-state index in [1.54, 1.807) is 72.0 Å². The lowest BCUT2D eigenvalue weighted by Gasteiger charge is -2.17. The zero-order valence-corrected chi connectivity index (χ0v) is 66.0. The molecular weight excluding hydrogens is 1370 g/mol. The van der Waals surface area contributed by atoms with Gasteiger partial charge in [0, 0.05) is 49.4 Å². The summed E-state index contributed by atoms with van der Waals surface area (Å²) in [6.07, 6.45) is 7.05. The maximum atomic E-state index is 13.0. The van der Waals surface area contributed by atoms with Crippen molar-refractivity contribution in [1.82, 2.24) is 0 Å². The second kappa shape index (κ2) is 44.1. The topological polar surface area (TPSA) is 201 Å². The first-order valence-electron chi connectivity index (χ1n) is 36.3. The van der Waals surface area contributed by atoms with E-state index in [0.29, 0.717) is 116 Å². The number of rotatable bonds is 34. The Morgan fingerprint density at radius 1 is 0.385 bits per heavy atom. The van der Waals surface area contributed by atoms with Crippen LogP contribution in [0.15, 0.2) is 177 Å². The van der Waals surface area contributed by atoms with Gasteiger partial charge in [0.1, 0.15) is 88.8 Å². The van der Waals surface area contributed by atoms with Crippen LogP contribution in [0.5, 0.6) is 69.0 Å². The highest BCUT2D eigenvalue weighted by molar-refractivity contribution is 6.01. The second-order valence-electron chi connectivity index (χ2n) is 26.7. The largest absolute Gasteiger partial charge is 0.508 e. The molecule has 9 aromatic rings. The standard InChI is InChI=1S/C26H28O3.C24H32O4.C24H28O4.C18H20O5.CH4/c1-18-10-14-23(25(16-18)29-17-21-8-6-5-7-9-21)24(27)15-13-22-12-11-19(2)20(3)26(22)28-4;1-15(2)27-20-11-12-21(23(14-20)28-16(3)4)22(25)13-10-19-9-8-17(5)18(6)24(19)26-7;1-6-14-27-20-11-12-21(23(16-20)28-15-7-2)22(25)13-10-19-9-8-17(3)18(4)24(19)26-5;1-11-17(22-2)9-5-12(18(11)23-3)4-8-15(20)14-7-6-13(19)10-16(14)21;/h5-12,14,16H,13,15,17H2,1-4H3;8-9,11-12,14-16H,10,13H2,1-7H3;6-9,11-12,16H,1-2,10,13-15H2,3-5H3;5-7,9-10,19,21H,4,8H2,1-3H3;1H4. The van der Waals surface area contributed by atoms with Crippen LogP contribution in [0.25, 0.3) is 0 Å². The van der Waals surface area contributed by atoms with Crippen molar-refractivity contribution in [3.05, 3.63) is 272 Å². The summed E-state index contributed by atoms with van der Waals surface area (Å²) in [7, 11) is 8.20. The average molecular weight is 1490 g/mol. The van der Waals surface area contributed by atoms with Gasteiger partial charge in [0.05, 0.1) is 70.0 Å². The molecular formula is C93H112O16. The number of carbonyl (C=O) groups is 4. The molecule has 0 bridgehead atoms. The Balaban J connectivity index is 0.000000260. The number of aromatic hydroxyl groups is 2. The molecule has 580 valence electrons. The monoisotopic (exact) mass is 1480 g/mol. The van der Waals surface area contributed by atoms with E-state index in [9.17, 15) is 29.4 Å². The summed E-state index contributed by atoms with van der Waals surface area (Å²) in [5.74, 6) is 6.73. The minimum atomic E-state index is -0.215. The van der Waals surface area contributed by atoms with Gasteiger partial charge < -0.3 is 57.6 Å². The fourth-order valence-corrected chi connectivity index (χ4v) is 12.1. The third kappa shape index (κ3) is 25.7. The molecule has 0 fully saturated rings. The van der Waals surface area contributed by atoms with Gasteiger partial charge in [0.25, 0.3) is 0 Å². The first-order chi connectivity index (χ1) is 51.7. The van der Waals surface area contributed by atoms with Crippen molar-refractivity contribution in [3.63, 3.8) is 0 Å². The SMILES string of the molecule is C.C=CCOc1ccc(C(=O)CCc2ccc(C)c(C)c2OC)c(OCC=C)c1.COc1c(CCC(=O)c2ccc(C)cc2OCc2ccccc2)ccc(C)c1C.COc1c(CCC(=O)c2ccc(OC(C)C)cc2OC(C)C)ccc(C)c1C.COc1ccc(CCC(=O)c2ccc(O)cc2O)c(OC)c1C. The number of aryl methyl sites for hydroxylation is 8. The van der Waals surface area contributed by atoms with E-state index in [1.165, 1.54) is 28.8 Å². The molecule has 109 heavy (non-hydrogen) atoms. The summed E-state index contributed by atoms with van der Waals surface area (Å²) < 4.78 is 56.3. The van der Waals surface area contributed by atoms with E-state index in [1.807, 2.05) is 147 Å². The summed E-state index contributed by atoms with van der Waals surface area (Å²) in [5.41, 5.74) is 15.9. The average Bonchev–Trinajstić information content (AvgIpc) is 0.850. The van der Waals surface area contributed by atoms with E-state index in [0.717, 1.165) is 84.7 Å². The van der Waals surface area contributed by atoms with Gasteiger partial charge in [0.2, 0.25) is 0 Å². The van der Waals surface area contributed by atoms with Gasteiger partial charge in [-0.25, -0.2) is 0 Å². The third-order valence-electron chi connectivity index (χ3n) is 18.2. The fraction of sp³-hybridized carbons (Fsp3) is 0.333. The zero-order valence-electron chi connectivity index (χ0n) is 66.0. The molecule has 0 spiro atoms. The van der Waals surface area contributed by atoms with Gasteiger partial charge in [-0.3, -0.25) is 19.2 Å². The van der Waals surface area contributed by atoms with Gasteiger partial charge in [0.15, 0.2) is 23.1 Å². The van der Waals surface area contributed by atoms with E-state index in [2.05, 4.69) is 58.2 Å². The van der Waals surface area contributed by atoms with Crippen molar-refractivity contribution in [2.75, 3.05) is 48.8 Å². The van der Waals surface area contributed by atoms with Gasteiger partial charge in [-0.1, -0.05) is 112 Å². The van der Waals surface area contributed by atoms with E-state index < -0.39 is 0 Å². The van der Waals surface area contributed by atoms with E-state index in [-0.39, 0.29) is 66.3 Å². The number of hydrogen-bond acceptors (Lipinski definition) is 16. The van der Waals surface area contributed by atoms with Crippen LogP contribution in [-0.2, 0) is 32.3 Å². The van der Waals surface area contributed by atoms with E-state index >= 15 is 0 Å². The highest BCUT2D eigenvalue weighted by atomic mass is 16.5.